The molecule has 0 aliphatic rings. The van der Waals surface area contributed by atoms with Crippen molar-refractivity contribution in [3.8, 4) is 6.07 Å². The molecule has 0 N–H and O–H groups in total. The van der Waals surface area contributed by atoms with Gasteiger partial charge in [-0.1, -0.05) is 18.2 Å². The number of halogens is 1. The van der Waals surface area contributed by atoms with Crippen LogP contribution in [-0.4, -0.2) is 17.6 Å². The van der Waals surface area contributed by atoms with Gasteiger partial charge in [0.1, 0.15) is 5.82 Å². The Bertz CT molecular complexity index is 631. The summed E-state index contributed by atoms with van der Waals surface area (Å²) in [4.78, 5) is 6.90. The molecule has 0 spiro atoms. The number of para-hydroxylation sites is 1. The van der Waals surface area contributed by atoms with Gasteiger partial charge in [-0.25, -0.2) is 4.98 Å². The average molecular weight is 288 g/mol. The Morgan fingerprint density at radius 3 is 2.75 bits per heavy atom. The van der Waals surface area contributed by atoms with Crippen LogP contribution in [-0.2, 0) is 5.88 Å². The van der Waals surface area contributed by atoms with E-state index in [1.807, 2.05) is 24.3 Å². The van der Waals surface area contributed by atoms with E-state index >= 15 is 0 Å². The SMILES string of the molecule is CC(C)N(CCC#N)c1nc2ccccc2cc1CCl. The lowest BCUT2D eigenvalue weighted by Gasteiger charge is -2.29. The molecular weight excluding hydrogens is 270 g/mol. The molecule has 2 aromatic rings. The van der Waals surface area contributed by atoms with Crippen LogP contribution in [0.4, 0.5) is 5.82 Å². The minimum Gasteiger partial charge on any atom is -0.353 e. The molecule has 104 valence electrons. The van der Waals surface area contributed by atoms with Gasteiger partial charge in [-0.3, -0.25) is 0 Å². The maximum atomic E-state index is 8.82. The molecule has 0 saturated carbocycles. The van der Waals surface area contributed by atoms with Gasteiger partial charge >= 0.3 is 0 Å². The maximum absolute atomic E-state index is 8.82. The van der Waals surface area contributed by atoms with Gasteiger partial charge in [0.05, 0.1) is 23.9 Å². The number of aromatic nitrogens is 1. The van der Waals surface area contributed by atoms with E-state index in [0.717, 1.165) is 22.3 Å². The highest BCUT2D eigenvalue weighted by atomic mass is 35.5. The zero-order valence-corrected chi connectivity index (χ0v) is 12.6. The number of anilines is 1. The second kappa shape index (κ2) is 6.58. The summed E-state index contributed by atoms with van der Waals surface area (Å²) >= 11 is 6.08. The van der Waals surface area contributed by atoms with Gasteiger partial charge in [0.2, 0.25) is 0 Å². The Morgan fingerprint density at radius 1 is 1.35 bits per heavy atom. The quantitative estimate of drug-likeness (QED) is 0.777. The summed E-state index contributed by atoms with van der Waals surface area (Å²) in [5.41, 5.74) is 1.97. The molecule has 1 aromatic heterocycles. The number of nitriles is 1. The molecule has 0 unspecified atom stereocenters. The van der Waals surface area contributed by atoms with Gasteiger partial charge in [-0.05, 0) is 26.0 Å². The summed E-state index contributed by atoms with van der Waals surface area (Å²) < 4.78 is 0. The fraction of sp³-hybridized carbons (Fsp3) is 0.375. The molecule has 2 rings (SSSR count). The highest BCUT2D eigenvalue weighted by Crippen LogP contribution is 2.26. The standard InChI is InChI=1S/C16H18ClN3/c1-12(2)20(9-5-8-18)16-14(11-17)10-13-6-3-4-7-15(13)19-16/h3-4,6-7,10,12H,5,9,11H2,1-2H3. The Balaban J connectivity index is 2.52. The predicted molar refractivity (Wildman–Crippen MR) is 84.0 cm³/mol. The summed E-state index contributed by atoms with van der Waals surface area (Å²) in [6.07, 6.45) is 0.481. The van der Waals surface area contributed by atoms with E-state index in [0.29, 0.717) is 18.8 Å². The van der Waals surface area contributed by atoms with Crippen LogP contribution >= 0.6 is 11.6 Å². The summed E-state index contributed by atoms with van der Waals surface area (Å²) in [6, 6.07) is 12.6. The van der Waals surface area contributed by atoms with Crippen molar-refractivity contribution in [2.75, 3.05) is 11.4 Å². The summed E-state index contributed by atoms with van der Waals surface area (Å²) in [7, 11) is 0. The van der Waals surface area contributed by atoms with Gasteiger partial charge in [0.15, 0.2) is 0 Å². The second-order valence-corrected chi connectivity index (χ2v) is 5.26. The van der Waals surface area contributed by atoms with E-state index in [1.54, 1.807) is 0 Å². The lowest BCUT2D eigenvalue weighted by Crippen LogP contribution is -2.33. The van der Waals surface area contributed by atoms with Gasteiger partial charge in [-0.15, -0.1) is 11.6 Å². The normalized spacial score (nSPS) is 10.8. The van der Waals surface area contributed by atoms with Crippen LogP contribution in [0, 0.1) is 11.3 Å². The Hall–Kier alpha value is -1.79. The fourth-order valence-electron chi connectivity index (χ4n) is 2.28. The number of hydrogen-bond acceptors (Lipinski definition) is 3. The van der Waals surface area contributed by atoms with Crippen molar-refractivity contribution in [3.05, 3.63) is 35.9 Å². The van der Waals surface area contributed by atoms with E-state index in [-0.39, 0.29) is 6.04 Å². The van der Waals surface area contributed by atoms with Crippen LogP contribution in [0.25, 0.3) is 10.9 Å². The number of alkyl halides is 1. The van der Waals surface area contributed by atoms with Crippen molar-refractivity contribution in [1.82, 2.24) is 4.98 Å². The molecule has 0 amide bonds. The lowest BCUT2D eigenvalue weighted by atomic mass is 10.1. The highest BCUT2D eigenvalue weighted by molar-refractivity contribution is 6.17. The van der Waals surface area contributed by atoms with E-state index in [9.17, 15) is 0 Å². The van der Waals surface area contributed by atoms with E-state index in [1.165, 1.54) is 0 Å². The third kappa shape index (κ3) is 3.02. The van der Waals surface area contributed by atoms with Gasteiger partial charge < -0.3 is 4.90 Å². The molecule has 0 atom stereocenters. The average Bonchev–Trinajstić information content (AvgIpc) is 2.46. The first-order valence-corrected chi connectivity index (χ1v) is 7.29. The van der Waals surface area contributed by atoms with Gasteiger partial charge in [0, 0.05) is 23.5 Å². The molecule has 1 aromatic carbocycles. The number of nitrogens with zero attached hydrogens (tertiary/aromatic N) is 3. The van der Waals surface area contributed by atoms with Crippen molar-refractivity contribution in [3.63, 3.8) is 0 Å². The first-order valence-electron chi connectivity index (χ1n) is 6.75. The minimum atomic E-state index is 0.277. The van der Waals surface area contributed by atoms with Crippen molar-refractivity contribution < 1.29 is 0 Å². The molecule has 0 aliphatic carbocycles. The summed E-state index contributed by atoms with van der Waals surface area (Å²) in [5.74, 6) is 1.31. The molecule has 3 nitrogen and oxygen atoms in total. The van der Waals surface area contributed by atoms with E-state index in [4.69, 9.17) is 21.8 Å². The third-order valence-corrected chi connectivity index (χ3v) is 3.57. The molecular formula is C16H18ClN3. The van der Waals surface area contributed by atoms with Crippen molar-refractivity contribution in [1.29, 1.82) is 5.26 Å². The molecule has 0 saturated heterocycles. The van der Waals surface area contributed by atoms with Gasteiger partial charge in [0.25, 0.3) is 0 Å². The summed E-state index contributed by atoms with van der Waals surface area (Å²) in [5, 5.41) is 9.91. The van der Waals surface area contributed by atoms with Crippen molar-refractivity contribution in [2.45, 2.75) is 32.2 Å². The van der Waals surface area contributed by atoms with Crippen molar-refractivity contribution in [2.24, 2.45) is 0 Å². The molecule has 4 heteroatoms. The predicted octanol–water partition coefficient (Wildman–Crippen LogP) is 4.10. The molecule has 0 fully saturated rings. The number of pyridine rings is 1. The first-order chi connectivity index (χ1) is 9.67. The van der Waals surface area contributed by atoms with E-state index < -0.39 is 0 Å². The van der Waals surface area contributed by atoms with E-state index in [2.05, 4.69) is 30.9 Å². The smallest absolute Gasteiger partial charge is 0.133 e. The minimum absolute atomic E-state index is 0.277. The Morgan fingerprint density at radius 2 is 2.10 bits per heavy atom. The molecule has 0 bridgehead atoms. The summed E-state index contributed by atoms with van der Waals surface area (Å²) in [6.45, 7) is 4.88. The number of rotatable bonds is 5. The van der Waals surface area contributed by atoms with Crippen LogP contribution in [0.3, 0.4) is 0 Å². The van der Waals surface area contributed by atoms with Crippen LogP contribution in [0.15, 0.2) is 30.3 Å². The monoisotopic (exact) mass is 287 g/mol. The van der Waals surface area contributed by atoms with Crippen LogP contribution in [0.1, 0.15) is 25.8 Å². The highest BCUT2D eigenvalue weighted by Gasteiger charge is 2.16. The third-order valence-electron chi connectivity index (χ3n) is 3.28. The Kier molecular flexibility index (Phi) is 4.81. The topological polar surface area (TPSA) is 39.9 Å². The first kappa shape index (κ1) is 14.6. The molecule has 0 aliphatic heterocycles. The molecule has 20 heavy (non-hydrogen) atoms. The van der Waals surface area contributed by atoms with Gasteiger partial charge in [-0.2, -0.15) is 5.26 Å². The zero-order valence-electron chi connectivity index (χ0n) is 11.8. The Labute approximate surface area is 124 Å². The number of fused-ring (bicyclic) bond motifs is 1. The second-order valence-electron chi connectivity index (χ2n) is 4.99. The van der Waals surface area contributed by atoms with Crippen LogP contribution in [0.5, 0.6) is 0 Å². The molecule has 1 heterocycles. The zero-order chi connectivity index (χ0) is 14.5. The van der Waals surface area contributed by atoms with Crippen molar-refractivity contribution >= 4 is 28.3 Å². The van der Waals surface area contributed by atoms with Crippen LogP contribution < -0.4 is 4.90 Å². The number of hydrogen-bond donors (Lipinski definition) is 0. The lowest BCUT2D eigenvalue weighted by molar-refractivity contribution is 0.676. The largest absolute Gasteiger partial charge is 0.353 e. The molecule has 0 radical (unpaired) electrons. The maximum Gasteiger partial charge on any atom is 0.133 e. The number of benzene rings is 1. The van der Waals surface area contributed by atoms with Crippen LogP contribution in [0.2, 0.25) is 0 Å². The fourth-order valence-corrected chi connectivity index (χ4v) is 2.47.